The molecule has 26 heavy (non-hydrogen) atoms. The van der Waals surface area contributed by atoms with E-state index in [2.05, 4.69) is 30.2 Å². The molecular formula is C17H22N6O3. The summed E-state index contributed by atoms with van der Waals surface area (Å²) in [4.78, 5) is 34.7. The number of hydrogen-bond donors (Lipinski definition) is 1. The van der Waals surface area contributed by atoms with E-state index in [0.717, 1.165) is 24.1 Å². The van der Waals surface area contributed by atoms with Crippen LogP contribution in [-0.2, 0) is 22.6 Å². The first-order valence-electron chi connectivity index (χ1n) is 8.60. The molecule has 9 nitrogen and oxygen atoms in total. The van der Waals surface area contributed by atoms with Crippen LogP contribution in [0.25, 0.3) is 0 Å². The topological polar surface area (TPSA) is 114 Å². The summed E-state index contributed by atoms with van der Waals surface area (Å²) in [6, 6.07) is -0.131. The van der Waals surface area contributed by atoms with Crippen LogP contribution in [0.2, 0.25) is 0 Å². The van der Waals surface area contributed by atoms with E-state index < -0.39 is 0 Å². The van der Waals surface area contributed by atoms with Crippen LogP contribution in [0.4, 0.5) is 0 Å². The average molecular weight is 358 g/mol. The molecule has 0 unspecified atom stereocenters. The molecule has 0 aromatic carbocycles. The molecule has 1 N–H and O–H groups in total. The number of rotatable bonds is 5. The first-order valence-corrected chi connectivity index (χ1v) is 8.60. The molecular weight excluding hydrogens is 336 g/mol. The van der Waals surface area contributed by atoms with E-state index in [1.54, 1.807) is 13.1 Å². The molecule has 1 atom stereocenters. The number of carbonyl (C=O) groups is 2. The van der Waals surface area contributed by atoms with Crippen molar-refractivity contribution >= 4 is 11.8 Å². The minimum absolute atomic E-state index is 0.0342. The lowest BCUT2D eigenvalue weighted by Crippen LogP contribution is -2.33. The second-order valence-corrected chi connectivity index (χ2v) is 6.46. The molecule has 0 aliphatic carbocycles. The number of hydrogen-bond acceptors (Lipinski definition) is 7. The van der Waals surface area contributed by atoms with E-state index in [1.807, 2.05) is 11.8 Å². The number of likely N-dealkylation sites (tertiary alicyclic amines) is 1. The van der Waals surface area contributed by atoms with E-state index in [-0.39, 0.29) is 24.3 Å². The predicted octanol–water partition coefficient (Wildman–Crippen LogP) is 1.02. The molecule has 3 rings (SSSR count). The highest BCUT2D eigenvalue weighted by molar-refractivity contribution is 5.79. The molecule has 2 aromatic rings. The summed E-state index contributed by atoms with van der Waals surface area (Å²) in [5, 5.41) is 10.3. The van der Waals surface area contributed by atoms with Crippen LogP contribution < -0.4 is 5.32 Å². The van der Waals surface area contributed by atoms with Gasteiger partial charge in [0.25, 0.3) is 0 Å². The van der Waals surface area contributed by atoms with Crippen molar-refractivity contribution in [2.45, 2.75) is 52.6 Å². The molecule has 1 aliphatic heterocycles. The Labute approximate surface area is 151 Å². The normalized spacial score (nSPS) is 16.7. The summed E-state index contributed by atoms with van der Waals surface area (Å²) in [5.74, 6) is 0.486. The Bertz CT molecular complexity index is 819. The fourth-order valence-electron chi connectivity index (χ4n) is 3.16. The second kappa shape index (κ2) is 7.59. The number of nitrogens with one attached hydrogen (secondary N) is 1. The van der Waals surface area contributed by atoms with Gasteiger partial charge in [0.1, 0.15) is 17.2 Å². The van der Waals surface area contributed by atoms with E-state index in [4.69, 9.17) is 0 Å². The van der Waals surface area contributed by atoms with Crippen LogP contribution in [0.5, 0.6) is 0 Å². The van der Waals surface area contributed by atoms with Gasteiger partial charge in [0.2, 0.25) is 11.8 Å². The average Bonchev–Trinajstić information content (AvgIpc) is 3.23. The minimum atomic E-state index is -0.131. The minimum Gasteiger partial charge on any atom is -0.352 e. The standard InChI is InChI=1S/C17H22N6O3/c1-10-14(22-26-21-10)7-16(25)23-6-4-5-15(23)17-13(9-19-12(3)24)8-18-11(2)20-17/h8,15H,4-7,9H2,1-3H3,(H,19,24)/t15-/m1/s1. The summed E-state index contributed by atoms with van der Waals surface area (Å²) in [5.41, 5.74) is 2.80. The van der Waals surface area contributed by atoms with Gasteiger partial charge in [-0.25, -0.2) is 14.6 Å². The summed E-state index contributed by atoms with van der Waals surface area (Å²) >= 11 is 0. The van der Waals surface area contributed by atoms with E-state index in [9.17, 15) is 9.59 Å². The largest absolute Gasteiger partial charge is 0.352 e. The monoisotopic (exact) mass is 358 g/mol. The lowest BCUT2D eigenvalue weighted by atomic mass is 10.1. The third-order valence-electron chi connectivity index (χ3n) is 4.50. The Kier molecular flexibility index (Phi) is 5.24. The predicted molar refractivity (Wildman–Crippen MR) is 90.7 cm³/mol. The lowest BCUT2D eigenvalue weighted by molar-refractivity contribution is -0.131. The molecule has 0 saturated carbocycles. The first-order chi connectivity index (χ1) is 12.5. The van der Waals surface area contributed by atoms with Gasteiger partial charge in [0.15, 0.2) is 0 Å². The van der Waals surface area contributed by atoms with Gasteiger partial charge in [-0.15, -0.1) is 0 Å². The Morgan fingerprint density at radius 3 is 2.85 bits per heavy atom. The van der Waals surface area contributed by atoms with E-state index >= 15 is 0 Å². The molecule has 2 aromatic heterocycles. The second-order valence-electron chi connectivity index (χ2n) is 6.46. The number of aromatic nitrogens is 4. The van der Waals surface area contributed by atoms with Crippen molar-refractivity contribution in [3.05, 3.63) is 34.7 Å². The Morgan fingerprint density at radius 2 is 2.15 bits per heavy atom. The van der Waals surface area contributed by atoms with Crippen molar-refractivity contribution < 1.29 is 14.2 Å². The zero-order valence-electron chi connectivity index (χ0n) is 15.2. The molecule has 0 bridgehead atoms. The molecule has 9 heteroatoms. The summed E-state index contributed by atoms with van der Waals surface area (Å²) < 4.78 is 4.68. The molecule has 1 saturated heterocycles. The van der Waals surface area contributed by atoms with Crippen LogP contribution in [0.1, 0.15) is 54.3 Å². The van der Waals surface area contributed by atoms with Crippen LogP contribution in [0, 0.1) is 13.8 Å². The number of amides is 2. The molecule has 1 aliphatic rings. The van der Waals surface area contributed by atoms with E-state index in [0.29, 0.717) is 30.3 Å². The number of aryl methyl sites for hydroxylation is 2. The van der Waals surface area contributed by atoms with Gasteiger partial charge in [-0.2, -0.15) is 0 Å². The zero-order chi connectivity index (χ0) is 18.7. The molecule has 2 amide bonds. The van der Waals surface area contributed by atoms with Crippen molar-refractivity contribution in [3.8, 4) is 0 Å². The Morgan fingerprint density at radius 1 is 1.35 bits per heavy atom. The molecule has 3 heterocycles. The smallest absolute Gasteiger partial charge is 0.229 e. The first kappa shape index (κ1) is 18.0. The van der Waals surface area contributed by atoms with Crippen LogP contribution in [0.3, 0.4) is 0 Å². The maximum Gasteiger partial charge on any atom is 0.229 e. The van der Waals surface area contributed by atoms with Crippen LogP contribution in [0.15, 0.2) is 10.8 Å². The maximum absolute atomic E-state index is 12.8. The maximum atomic E-state index is 12.8. The van der Waals surface area contributed by atoms with Crippen LogP contribution in [-0.4, -0.2) is 43.5 Å². The third kappa shape index (κ3) is 3.87. The van der Waals surface area contributed by atoms with Crippen molar-refractivity contribution in [1.82, 2.24) is 30.5 Å². The Hall–Kier alpha value is -2.84. The number of nitrogens with zero attached hydrogens (tertiary/aromatic N) is 5. The summed E-state index contributed by atoms with van der Waals surface area (Å²) in [7, 11) is 0. The fourth-order valence-corrected chi connectivity index (χ4v) is 3.16. The van der Waals surface area contributed by atoms with Gasteiger partial charge in [-0.05, 0) is 26.7 Å². The molecule has 0 radical (unpaired) electrons. The highest BCUT2D eigenvalue weighted by Crippen LogP contribution is 2.33. The van der Waals surface area contributed by atoms with Gasteiger partial charge in [-0.3, -0.25) is 9.59 Å². The Balaban J connectivity index is 1.83. The SMILES string of the molecule is CC(=O)NCc1cnc(C)nc1[C@H]1CCCN1C(=O)Cc1nonc1C. The van der Waals surface area contributed by atoms with E-state index in [1.165, 1.54) is 6.92 Å². The molecule has 0 spiro atoms. The summed E-state index contributed by atoms with van der Waals surface area (Å²) in [6.45, 7) is 6.05. The fraction of sp³-hybridized carbons (Fsp3) is 0.529. The quantitative estimate of drug-likeness (QED) is 0.848. The van der Waals surface area contributed by atoms with Crippen LogP contribution >= 0.6 is 0 Å². The van der Waals surface area contributed by atoms with Crippen molar-refractivity contribution in [3.63, 3.8) is 0 Å². The zero-order valence-corrected chi connectivity index (χ0v) is 15.2. The van der Waals surface area contributed by atoms with Crippen molar-refractivity contribution in [2.75, 3.05) is 6.54 Å². The molecule has 1 fully saturated rings. The van der Waals surface area contributed by atoms with Crippen molar-refractivity contribution in [1.29, 1.82) is 0 Å². The van der Waals surface area contributed by atoms with Gasteiger partial charge < -0.3 is 10.2 Å². The van der Waals surface area contributed by atoms with Crippen molar-refractivity contribution in [2.24, 2.45) is 0 Å². The lowest BCUT2D eigenvalue weighted by Gasteiger charge is -2.26. The van der Waals surface area contributed by atoms with Gasteiger partial charge in [0.05, 0.1) is 18.2 Å². The highest BCUT2D eigenvalue weighted by atomic mass is 16.6. The van der Waals surface area contributed by atoms with Gasteiger partial charge in [-0.1, -0.05) is 10.3 Å². The highest BCUT2D eigenvalue weighted by Gasteiger charge is 2.33. The number of carbonyl (C=O) groups excluding carboxylic acids is 2. The third-order valence-corrected chi connectivity index (χ3v) is 4.50. The summed E-state index contributed by atoms with van der Waals surface area (Å²) in [6.07, 6.45) is 3.59. The van der Waals surface area contributed by atoms with Gasteiger partial charge >= 0.3 is 0 Å². The van der Waals surface area contributed by atoms with Gasteiger partial charge in [0, 0.05) is 31.8 Å². The molecule has 138 valence electrons.